The molecule has 3 fully saturated rings. The Morgan fingerprint density at radius 2 is 1.98 bits per heavy atom. The van der Waals surface area contributed by atoms with E-state index in [4.69, 9.17) is 29.2 Å². The third-order valence-corrected chi connectivity index (χ3v) is 12.8. The Bertz CT molecular complexity index is 2010. The molecular weight excluding hydrogens is 709 g/mol. The Hall–Kier alpha value is -4.15. The van der Waals surface area contributed by atoms with E-state index in [1.54, 1.807) is 32.2 Å². The van der Waals surface area contributed by atoms with Crippen LogP contribution in [0.2, 0.25) is 0 Å². The average Bonchev–Trinajstić information content (AvgIpc) is 3.99. The van der Waals surface area contributed by atoms with Gasteiger partial charge in [0.15, 0.2) is 10.8 Å². The minimum absolute atomic E-state index is 0.0505. The molecule has 5 atom stereocenters. The Kier molecular flexibility index (Phi) is 9.99. The van der Waals surface area contributed by atoms with Crippen molar-refractivity contribution in [2.24, 2.45) is 5.92 Å². The molecule has 7 rings (SSSR count). The van der Waals surface area contributed by atoms with Crippen molar-refractivity contribution < 1.29 is 37.0 Å². The molecule has 4 heterocycles. The summed E-state index contributed by atoms with van der Waals surface area (Å²) in [6.07, 6.45) is 5.88. The molecule has 0 spiro atoms. The summed E-state index contributed by atoms with van der Waals surface area (Å²) in [6.45, 7) is 6.20. The zero-order valence-electron chi connectivity index (χ0n) is 29.7. The first-order valence-electron chi connectivity index (χ1n) is 17.8. The first kappa shape index (κ1) is 36.2. The number of rotatable bonds is 8. The van der Waals surface area contributed by atoms with Crippen LogP contribution in [-0.4, -0.2) is 95.3 Å². The molecule has 14 nitrogen and oxygen atoms in total. The predicted octanol–water partition coefficient (Wildman–Crippen LogP) is 3.86. The van der Waals surface area contributed by atoms with Crippen LogP contribution in [0.15, 0.2) is 35.7 Å². The summed E-state index contributed by atoms with van der Waals surface area (Å²) in [5.74, 6) is -0.652. The summed E-state index contributed by atoms with van der Waals surface area (Å²) in [6, 6.07) is 4.34. The number of thiazole rings is 1. The number of methoxy groups -OCH3 is 1. The molecule has 0 bridgehead atoms. The van der Waals surface area contributed by atoms with Crippen LogP contribution in [0.25, 0.3) is 21.7 Å². The fourth-order valence-electron chi connectivity index (χ4n) is 6.74. The highest BCUT2D eigenvalue weighted by atomic mass is 32.2. The Balaban J connectivity index is 1.20. The van der Waals surface area contributed by atoms with Crippen LogP contribution < -0.4 is 19.5 Å². The second-order valence-corrected chi connectivity index (χ2v) is 17.2. The molecule has 2 aromatic heterocycles. The van der Waals surface area contributed by atoms with E-state index in [2.05, 4.69) is 23.9 Å². The molecule has 2 saturated carbocycles. The van der Waals surface area contributed by atoms with Crippen LogP contribution in [0.5, 0.6) is 11.6 Å². The quantitative estimate of drug-likeness (QED) is 0.319. The van der Waals surface area contributed by atoms with E-state index in [0.29, 0.717) is 46.9 Å². The first-order valence-corrected chi connectivity index (χ1v) is 20.3. The lowest BCUT2D eigenvalue weighted by Crippen LogP contribution is -2.57. The maximum atomic E-state index is 14.2. The minimum Gasteiger partial charge on any atom is -0.497 e. The van der Waals surface area contributed by atoms with Crippen LogP contribution in [0, 0.1) is 5.92 Å². The van der Waals surface area contributed by atoms with Crippen molar-refractivity contribution >= 4 is 50.0 Å². The topological polar surface area (TPSA) is 179 Å². The maximum Gasteiger partial charge on any atom is 0.259 e. The van der Waals surface area contributed by atoms with Gasteiger partial charge in [-0.1, -0.05) is 26.0 Å². The van der Waals surface area contributed by atoms with E-state index < -0.39 is 56.8 Å². The standard InChI is InChI=1S/C36H44N6O8S2/c1-20(2)28-19-51-33(38-28)30-37-27-15-23(48-4)10-13-26(27)32(39-30)50-24-16-29-31(43)40-36(35(45)41-52(46,47)25-11-12-25)17-22(36)9-7-5-6-8-14-49-21(3)34(44)42(29)18-24/h7,9-10,13,15,19-22,24-25,29H,5-6,8,11-12,14,16-18H2,1-4H3,(H,40,43)(H,41,45)/b9-7-/t21-,22-,24-,29+,36-/m1/s1. The molecule has 4 aliphatic rings. The molecule has 16 heteroatoms. The molecule has 0 unspecified atom stereocenters. The summed E-state index contributed by atoms with van der Waals surface area (Å²) in [5.41, 5.74) is 0.0411. The number of sulfonamides is 1. The van der Waals surface area contributed by atoms with Gasteiger partial charge < -0.3 is 24.4 Å². The number of ether oxygens (including phenoxy) is 3. The van der Waals surface area contributed by atoms with E-state index in [9.17, 15) is 22.8 Å². The highest BCUT2D eigenvalue weighted by Gasteiger charge is 2.62. The van der Waals surface area contributed by atoms with Gasteiger partial charge in [0.2, 0.25) is 21.8 Å². The smallest absolute Gasteiger partial charge is 0.259 e. The minimum atomic E-state index is -3.86. The Morgan fingerprint density at radius 3 is 2.71 bits per heavy atom. The number of fused-ring (bicyclic) bond motifs is 3. The molecule has 2 aliphatic heterocycles. The Labute approximate surface area is 306 Å². The van der Waals surface area contributed by atoms with Gasteiger partial charge in [0.05, 0.1) is 35.5 Å². The summed E-state index contributed by atoms with van der Waals surface area (Å²) < 4.78 is 45.7. The van der Waals surface area contributed by atoms with E-state index in [1.165, 1.54) is 16.2 Å². The van der Waals surface area contributed by atoms with Gasteiger partial charge in [-0.05, 0) is 63.5 Å². The fourth-order valence-corrected chi connectivity index (χ4v) is 9.01. The first-order chi connectivity index (χ1) is 24.9. The lowest BCUT2D eigenvalue weighted by Gasteiger charge is -2.28. The van der Waals surface area contributed by atoms with Crippen LogP contribution >= 0.6 is 11.3 Å². The molecule has 278 valence electrons. The number of carbonyl (C=O) groups is 3. The van der Waals surface area contributed by atoms with Gasteiger partial charge in [-0.15, -0.1) is 11.3 Å². The molecule has 0 radical (unpaired) electrons. The SMILES string of the molecule is COc1ccc2c(O[C@@H]3C[C@H]4C(=O)N[C@]5(C(=O)NS(=O)(=O)C6CC6)C[C@H]5/C=C\CCCCO[C@H](C)C(=O)N4C3)nc(-c3nc(C(C)C)cs3)nc2c1. The second-order valence-electron chi connectivity index (χ2n) is 14.3. The number of hydrogen-bond acceptors (Lipinski definition) is 12. The lowest BCUT2D eigenvalue weighted by molar-refractivity contribution is -0.147. The molecule has 2 N–H and O–H groups in total. The number of benzene rings is 1. The van der Waals surface area contributed by atoms with Crippen LogP contribution in [0.4, 0.5) is 0 Å². The fraction of sp³-hybridized carbons (Fsp3) is 0.556. The molecule has 1 aromatic carbocycles. The van der Waals surface area contributed by atoms with Gasteiger partial charge in [-0.2, -0.15) is 4.98 Å². The molecule has 1 saturated heterocycles. The van der Waals surface area contributed by atoms with E-state index in [-0.39, 0.29) is 37.1 Å². The Morgan fingerprint density at radius 1 is 1.17 bits per heavy atom. The zero-order valence-corrected chi connectivity index (χ0v) is 31.3. The van der Waals surface area contributed by atoms with E-state index in [1.807, 2.05) is 17.5 Å². The number of nitrogens with zero attached hydrogens (tertiary/aromatic N) is 4. The van der Waals surface area contributed by atoms with Gasteiger partial charge >= 0.3 is 0 Å². The third-order valence-electron chi connectivity index (χ3n) is 10.1. The highest BCUT2D eigenvalue weighted by molar-refractivity contribution is 7.91. The average molecular weight is 753 g/mol. The van der Waals surface area contributed by atoms with Crippen molar-refractivity contribution in [3.05, 3.63) is 41.4 Å². The number of aromatic nitrogens is 3. The van der Waals surface area contributed by atoms with Gasteiger partial charge in [-0.25, -0.2) is 18.4 Å². The van der Waals surface area contributed by atoms with Crippen molar-refractivity contribution in [3.63, 3.8) is 0 Å². The van der Waals surface area contributed by atoms with Crippen molar-refractivity contribution in [3.8, 4) is 22.5 Å². The monoisotopic (exact) mass is 752 g/mol. The molecule has 3 aromatic rings. The third kappa shape index (κ3) is 7.37. The number of hydrogen-bond donors (Lipinski definition) is 2. The second kappa shape index (κ2) is 14.3. The van der Waals surface area contributed by atoms with E-state index in [0.717, 1.165) is 25.0 Å². The summed E-state index contributed by atoms with van der Waals surface area (Å²) >= 11 is 1.43. The molecule has 52 heavy (non-hydrogen) atoms. The largest absolute Gasteiger partial charge is 0.497 e. The number of amides is 3. The van der Waals surface area contributed by atoms with E-state index >= 15 is 0 Å². The van der Waals surface area contributed by atoms with Gasteiger partial charge in [0.1, 0.15) is 29.5 Å². The van der Waals surface area contributed by atoms with Crippen LogP contribution in [0.3, 0.4) is 0 Å². The van der Waals surface area contributed by atoms with Crippen LogP contribution in [0.1, 0.15) is 77.3 Å². The summed E-state index contributed by atoms with van der Waals surface area (Å²) in [7, 11) is -2.28. The molecule has 3 amide bonds. The van der Waals surface area contributed by atoms with Crippen molar-refractivity contribution in [1.29, 1.82) is 0 Å². The lowest BCUT2D eigenvalue weighted by atomic mass is 10.1. The maximum absolute atomic E-state index is 14.2. The van der Waals surface area contributed by atoms with Crippen molar-refractivity contribution in [1.82, 2.24) is 29.9 Å². The van der Waals surface area contributed by atoms with Gasteiger partial charge in [0, 0.05) is 30.4 Å². The highest BCUT2D eigenvalue weighted by Crippen LogP contribution is 2.46. The van der Waals surface area contributed by atoms with Crippen molar-refractivity contribution in [2.45, 2.75) is 101 Å². The predicted molar refractivity (Wildman–Crippen MR) is 193 cm³/mol. The zero-order chi connectivity index (χ0) is 36.8. The number of nitrogens with one attached hydrogen (secondary N) is 2. The summed E-state index contributed by atoms with van der Waals surface area (Å²) in [5, 5.41) is 5.50. The van der Waals surface area contributed by atoms with Gasteiger partial charge in [-0.3, -0.25) is 19.1 Å². The normalized spacial score (nSPS) is 27.6. The molecule has 2 aliphatic carbocycles. The number of carbonyl (C=O) groups excluding carboxylic acids is 3. The van der Waals surface area contributed by atoms with Crippen LogP contribution in [-0.2, 0) is 29.1 Å². The number of allylic oxidation sites excluding steroid dienone is 1. The van der Waals surface area contributed by atoms with Gasteiger partial charge in [0.25, 0.3) is 11.8 Å². The summed E-state index contributed by atoms with van der Waals surface area (Å²) in [4.78, 5) is 57.5. The van der Waals surface area contributed by atoms with Crippen molar-refractivity contribution in [2.75, 3.05) is 20.3 Å². The molecular formula is C36H44N6O8S2.